The highest BCUT2D eigenvalue weighted by Gasteiger charge is 1.99. The molecule has 0 amide bonds. The molecule has 0 bridgehead atoms. The number of halogens is 1. The molecule has 3 heteroatoms. The lowest BCUT2D eigenvalue weighted by Gasteiger charge is -2.17. The third-order valence-electron chi connectivity index (χ3n) is 2.29. The summed E-state index contributed by atoms with van der Waals surface area (Å²) < 4.78 is 0. The molecule has 0 aromatic heterocycles. The first-order valence-corrected chi connectivity index (χ1v) is 6.30. The summed E-state index contributed by atoms with van der Waals surface area (Å²) in [6.45, 7) is 0.771. The van der Waals surface area contributed by atoms with E-state index in [1.54, 1.807) is 0 Å². The van der Waals surface area contributed by atoms with E-state index in [-0.39, 0.29) is 0 Å². The first-order valence-electron chi connectivity index (χ1n) is 5.18. The van der Waals surface area contributed by atoms with Gasteiger partial charge in [0.2, 0.25) is 0 Å². The van der Waals surface area contributed by atoms with E-state index in [1.807, 2.05) is 7.05 Å². The van der Waals surface area contributed by atoms with Crippen LogP contribution in [0, 0.1) is 11.3 Å². The molecule has 1 aromatic rings. The molecule has 0 saturated heterocycles. The first kappa shape index (κ1) is 12.8. The lowest BCUT2D eigenvalue weighted by molar-refractivity contribution is 0.905. The second-order valence-electron chi connectivity index (χ2n) is 3.48. The zero-order valence-corrected chi connectivity index (χ0v) is 10.9. The average molecular weight is 279 g/mol. The van der Waals surface area contributed by atoms with E-state index < -0.39 is 0 Å². The van der Waals surface area contributed by atoms with Crippen molar-refractivity contribution in [3.63, 3.8) is 0 Å². The van der Waals surface area contributed by atoms with Crippen molar-refractivity contribution in [2.75, 3.05) is 23.8 Å². The minimum Gasteiger partial charge on any atom is -0.374 e. The van der Waals surface area contributed by atoms with Crippen LogP contribution in [-0.4, -0.2) is 18.9 Å². The van der Waals surface area contributed by atoms with Gasteiger partial charge in [0.25, 0.3) is 0 Å². The summed E-state index contributed by atoms with van der Waals surface area (Å²) in [7, 11) is 2.00. The molecule has 0 N–H and O–H groups in total. The van der Waals surface area contributed by atoms with Crippen molar-refractivity contribution in [3.8, 4) is 6.07 Å². The molecule has 0 saturated carbocycles. The molecule has 0 heterocycles. The zero-order chi connectivity index (χ0) is 11.8. The van der Waals surface area contributed by atoms with Gasteiger partial charge in [0.15, 0.2) is 0 Å². The van der Waals surface area contributed by atoms with Gasteiger partial charge < -0.3 is 4.90 Å². The third kappa shape index (κ3) is 4.08. The molecular weight excluding hydrogens is 264 g/mol. The van der Waals surface area contributed by atoms with Crippen molar-refractivity contribution in [1.29, 1.82) is 5.26 Å². The molecule has 0 spiro atoms. The molecule has 0 fully saturated rings. The lowest BCUT2D eigenvalue weighted by atomic mass is 10.2. The number of hydrogen-bond donors (Lipinski definition) is 0. The predicted molar refractivity (Wildman–Crippen MR) is 72.8 cm³/mol. The highest BCUT2D eigenvalue weighted by molar-refractivity contribution is 9.09. The Morgan fingerprint density at radius 3 is 2.62 bits per heavy atom. The van der Waals surface area contributed by atoms with Crippen molar-refractivity contribution in [3.05, 3.63) is 35.9 Å². The van der Waals surface area contributed by atoms with Crippen LogP contribution >= 0.6 is 15.9 Å². The molecule has 1 rings (SSSR count). The topological polar surface area (TPSA) is 27.0 Å². The van der Waals surface area contributed by atoms with Crippen LogP contribution in [0.25, 0.3) is 6.08 Å². The number of allylic oxidation sites excluding steroid dienone is 1. The zero-order valence-electron chi connectivity index (χ0n) is 9.36. The number of alkyl halides is 1. The Labute approximate surface area is 105 Å². The van der Waals surface area contributed by atoms with Gasteiger partial charge in [0.1, 0.15) is 0 Å². The smallest absolute Gasteiger partial charge is 0.0640 e. The van der Waals surface area contributed by atoms with Crippen LogP contribution in [0.4, 0.5) is 5.69 Å². The van der Waals surface area contributed by atoms with Gasteiger partial charge in [0, 0.05) is 24.6 Å². The van der Waals surface area contributed by atoms with E-state index in [0.29, 0.717) is 6.42 Å². The fourth-order valence-corrected chi connectivity index (χ4v) is 1.55. The van der Waals surface area contributed by atoms with Gasteiger partial charge >= 0.3 is 0 Å². The number of anilines is 1. The molecule has 2 nitrogen and oxygen atoms in total. The second kappa shape index (κ2) is 7.08. The Hall–Kier alpha value is -1.27. The molecule has 0 aliphatic carbocycles. The monoisotopic (exact) mass is 278 g/mol. The molecule has 84 valence electrons. The van der Waals surface area contributed by atoms with Gasteiger partial charge in [-0.05, 0) is 17.7 Å². The Morgan fingerprint density at radius 2 is 2.06 bits per heavy atom. The second-order valence-corrected chi connectivity index (χ2v) is 4.13. The minimum atomic E-state index is 0.557. The number of rotatable bonds is 5. The lowest BCUT2D eigenvalue weighted by Crippen LogP contribution is -2.17. The Morgan fingerprint density at radius 1 is 1.38 bits per heavy atom. The molecule has 0 aliphatic heterocycles. The van der Waals surface area contributed by atoms with Gasteiger partial charge in [-0.1, -0.05) is 40.2 Å². The summed E-state index contributed by atoms with van der Waals surface area (Å²) in [6.07, 6.45) is 4.70. The van der Waals surface area contributed by atoms with E-state index in [1.165, 1.54) is 5.56 Å². The van der Waals surface area contributed by atoms with Crippen molar-refractivity contribution >= 4 is 27.7 Å². The molecule has 0 unspecified atom stereocenters. The Bertz CT molecular complexity index is 376. The number of hydrogen-bond acceptors (Lipinski definition) is 2. The maximum absolute atomic E-state index is 8.51. The van der Waals surface area contributed by atoms with Crippen molar-refractivity contribution in [1.82, 2.24) is 0 Å². The summed E-state index contributed by atoms with van der Waals surface area (Å²) in [5, 5.41) is 9.38. The van der Waals surface area contributed by atoms with E-state index in [4.69, 9.17) is 5.26 Å². The van der Waals surface area contributed by atoms with E-state index in [2.05, 4.69) is 63.3 Å². The number of nitriles is 1. The standard InChI is InChI=1S/C13H15BrN2/c1-16(11-3-10-15)13-7-5-12(6-8-13)4-2-9-14/h2,4-8H,3,9,11H2,1H3. The van der Waals surface area contributed by atoms with Gasteiger partial charge in [-0.15, -0.1) is 0 Å². The van der Waals surface area contributed by atoms with Crippen molar-refractivity contribution in [2.45, 2.75) is 6.42 Å². The maximum Gasteiger partial charge on any atom is 0.0640 e. The minimum absolute atomic E-state index is 0.557. The SMILES string of the molecule is CN(CCC#N)c1ccc(C=CCBr)cc1. The number of nitrogens with zero attached hydrogens (tertiary/aromatic N) is 2. The normalized spacial score (nSPS) is 10.3. The molecular formula is C13H15BrN2. The predicted octanol–water partition coefficient (Wildman–Crippen LogP) is 3.44. The summed E-state index contributed by atoms with van der Waals surface area (Å²) in [6, 6.07) is 10.5. The van der Waals surface area contributed by atoms with Crippen LogP contribution in [0.3, 0.4) is 0 Å². The van der Waals surface area contributed by atoms with Crippen LogP contribution in [-0.2, 0) is 0 Å². The van der Waals surface area contributed by atoms with Crippen LogP contribution in [0.15, 0.2) is 30.3 Å². The molecule has 0 radical (unpaired) electrons. The van der Waals surface area contributed by atoms with Crippen LogP contribution in [0.2, 0.25) is 0 Å². The summed E-state index contributed by atoms with van der Waals surface area (Å²) >= 11 is 3.35. The molecule has 1 aromatic carbocycles. The van der Waals surface area contributed by atoms with Gasteiger partial charge in [-0.25, -0.2) is 0 Å². The van der Waals surface area contributed by atoms with E-state index in [0.717, 1.165) is 17.6 Å². The molecule has 0 aliphatic rings. The van der Waals surface area contributed by atoms with Gasteiger partial charge in [0.05, 0.1) is 12.5 Å². The Kier molecular flexibility index (Phi) is 5.66. The number of benzene rings is 1. The first-order chi connectivity index (χ1) is 7.77. The Balaban J connectivity index is 2.64. The maximum atomic E-state index is 8.51. The van der Waals surface area contributed by atoms with E-state index >= 15 is 0 Å². The van der Waals surface area contributed by atoms with Crippen molar-refractivity contribution < 1.29 is 0 Å². The highest BCUT2D eigenvalue weighted by Crippen LogP contribution is 2.14. The van der Waals surface area contributed by atoms with Gasteiger partial charge in [-0.3, -0.25) is 0 Å². The average Bonchev–Trinajstić information content (AvgIpc) is 2.34. The summed E-state index contributed by atoms with van der Waals surface area (Å²) in [4.78, 5) is 2.08. The summed E-state index contributed by atoms with van der Waals surface area (Å²) in [5.41, 5.74) is 2.34. The van der Waals surface area contributed by atoms with Crippen molar-refractivity contribution in [2.24, 2.45) is 0 Å². The molecule has 16 heavy (non-hydrogen) atoms. The van der Waals surface area contributed by atoms with Gasteiger partial charge in [-0.2, -0.15) is 5.26 Å². The van der Waals surface area contributed by atoms with Crippen LogP contribution < -0.4 is 4.90 Å². The third-order valence-corrected chi connectivity index (χ3v) is 2.67. The molecule has 0 atom stereocenters. The fourth-order valence-electron chi connectivity index (χ4n) is 1.37. The fraction of sp³-hybridized carbons (Fsp3) is 0.308. The largest absolute Gasteiger partial charge is 0.374 e. The van der Waals surface area contributed by atoms with Crippen LogP contribution in [0.1, 0.15) is 12.0 Å². The summed E-state index contributed by atoms with van der Waals surface area (Å²) in [5.74, 6) is 0. The van der Waals surface area contributed by atoms with E-state index in [9.17, 15) is 0 Å². The highest BCUT2D eigenvalue weighted by atomic mass is 79.9. The quantitative estimate of drug-likeness (QED) is 0.772. The van der Waals surface area contributed by atoms with Crippen LogP contribution in [0.5, 0.6) is 0 Å².